The van der Waals surface area contributed by atoms with Crippen molar-refractivity contribution in [1.29, 1.82) is 0 Å². The highest BCUT2D eigenvalue weighted by molar-refractivity contribution is 6.31. The maximum absolute atomic E-state index is 13.1. The predicted molar refractivity (Wildman–Crippen MR) is 93.7 cm³/mol. The van der Waals surface area contributed by atoms with E-state index in [2.05, 4.69) is 10.3 Å². The van der Waals surface area contributed by atoms with Crippen molar-refractivity contribution in [2.24, 2.45) is 5.92 Å². The summed E-state index contributed by atoms with van der Waals surface area (Å²) >= 11 is 6.00. The molecular weight excluding hydrogens is 343 g/mol. The number of pyridine rings is 1. The molecule has 0 radical (unpaired) electrons. The van der Waals surface area contributed by atoms with E-state index >= 15 is 0 Å². The van der Waals surface area contributed by atoms with Crippen LogP contribution in [0.15, 0.2) is 42.7 Å². The number of aromatic nitrogens is 1. The summed E-state index contributed by atoms with van der Waals surface area (Å²) in [5, 5.41) is 12.9. The zero-order valence-electron chi connectivity index (χ0n) is 13.7. The Morgan fingerprint density at radius 3 is 2.68 bits per heavy atom. The van der Waals surface area contributed by atoms with Crippen molar-refractivity contribution in [1.82, 2.24) is 10.3 Å². The molecule has 0 unspecified atom stereocenters. The molecule has 0 spiro atoms. The SMILES string of the molecule is O=C(Cc1ccc(F)cc1Cl)N[C@@H](Cc1ccncc1)C1CC(O)C1. The molecule has 6 heteroatoms. The van der Waals surface area contributed by atoms with E-state index in [4.69, 9.17) is 11.6 Å². The first-order valence-electron chi connectivity index (χ1n) is 8.31. The Morgan fingerprint density at radius 1 is 1.32 bits per heavy atom. The molecule has 132 valence electrons. The van der Waals surface area contributed by atoms with Gasteiger partial charge in [0.15, 0.2) is 0 Å². The maximum Gasteiger partial charge on any atom is 0.224 e. The molecule has 1 heterocycles. The van der Waals surface area contributed by atoms with Gasteiger partial charge in [-0.15, -0.1) is 0 Å². The van der Waals surface area contributed by atoms with Crippen LogP contribution in [0, 0.1) is 11.7 Å². The second kappa shape index (κ2) is 7.93. The van der Waals surface area contributed by atoms with Gasteiger partial charge in [0, 0.05) is 23.5 Å². The Labute approximate surface area is 151 Å². The van der Waals surface area contributed by atoms with Crippen molar-refractivity contribution in [2.45, 2.75) is 37.8 Å². The molecule has 0 bridgehead atoms. The summed E-state index contributed by atoms with van der Waals surface area (Å²) in [6.07, 6.45) is 5.32. The molecule has 1 aliphatic rings. The molecule has 4 nitrogen and oxygen atoms in total. The van der Waals surface area contributed by atoms with E-state index in [0.717, 1.165) is 5.56 Å². The number of carbonyl (C=O) groups excluding carboxylic acids is 1. The summed E-state index contributed by atoms with van der Waals surface area (Å²) in [5.74, 6) is -0.335. The van der Waals surface area contributed by atoms with E-state index in [9.17, 15) is 14.3 Å². The van der Waals surface area contributed by atoms with Gasteiger partial charge in [-0.25, -0.2) is 4.39 Å². The van der Waals surface area contributed by atoms with Gasteiger partial charge in [-0.1, -0.05) is 17.7 Å². The summed E-state index contributed by atoms with van der Waals surface area (Å²) in [6.45, 7) is 0. The van der Waals surface area contributed by atoms with Crippen molar-refractivity contribution in [3.63, 3.8) is 0 Å². The third kappa shape index (κ3) is 4.77. The quantitative estimate of drug-likeness (QED) is 0.830. The number of halogens is 2. The molecule has 25 heavy (non-hydrogen) atoms. The standard InChI is InChI=1S/C19H20ClFN2O2/c20-17-11-15(21)2-1-13(17)10-19(25)23-18(14-8-16(24)9-14)7-12-3-5-22-6-4-12/h1-6,11,14,16,18,24H,7-10H2,(H,23,25)/t14?,16?,18-/m0/s1. The van der Waals surface area contributed by atoms with E-state index in [0.29, 0.717) is 24.8 Å². The fraction of sp³-hybridized carbons (Fsp3) is 0.368. The van der Waals surface area contributed by atoms with Gasteiger partial charge in [-0.3, -0.25) is 9.78 Å². The Kier molecular flexibility index (Phi) is 5.66. The fourth-order valence-corrected chi connectivity index (χ4v) is 3.40. The molecule has 1 saturated carbocycles. The number of nitrogens with zero attached hydrogens (tertiary/aromatic N) is 1. The van der Waals surface area contributed by atoms with Crippen LogP contribution in [-0.2, 0) is 17.6 Å². The number of aliphatic hydroxyl groups is 1. The second-order valence-electron chi connectivity index (χ2n) is 6.53. The van der Waals surface area contributed by atoms with Crippen LogP contribution in [-0.4, -0.2) is 28.1 Å². The van der Waals surface area contributed by atoms with Gasteiger partial charge < -0.3 is 10.4 Å². The molecule has 1 fully saturated rings. The Bertz CT molecular complexity index is 735. The smallest absolute Gasteiger partial charge is 0.224 e. The van der Waals surface area contributed by atoms with Crippen LogP contribution >= 0.6 is 11.6 Å². The first-order chi connectivity index (χ1) is 12.0. The number of nitrogens with one attached hydrogen (secondary N) is 1. The van der Waals surface area contributed by atoms with E-state index in [1.54, 1.807) is 12.4 Å². The van der Waals surface area contributed by atoms with Gasteiger partial charge in [-0.2, -0.15) is 0 Å². The molecule has 1 atom stereocenters. The number of amides is 1. The van der Waals surface area contributed by atoms with Gasteiger partial charge in [0.1, 0.15) is 5.82 Å². The van der Waals surface area contributed by atoms with Crippen molar-refractivity contribution in [3.8, 4) is 0 Å². The van der Waals surface area contributed by atoms with E-state index < -0.39 is 5.82 Å². The lowest BCUT2D eigenvalue weighted by Crippen LogP contribution is -2.48. The van der Waals surface area contributed by atoms with E-state index in [-0.39, 0.29) is 35.4 Å². The molecule has 2 N–H and O–H groups in total. The largest absolute Gasteiger partial charge is 0.393 e. The van der Waals surface area contributed by atoms with Crippen LogP contribution in [0.1, 0.15) is 24.0 Å². The fourth-order valence-electron chi connectivity index (χ4n) is 3.16. The van der Waals surface area contributed by atoms with Crippen LogP contribution in [0.3, 0.4) is 0 Å². The van der Waals surface area contributed by atoms with Crippen molar-refractivity contribution >= 4 is 17.5 Å². The zero-order chi connectivity index (χ0) is 17.8. The number of aliphatic hydroxyl groups excluding tert-OH is 1. The zero-order valence-corrected chi connectivity index (χ0v) is 14.4. The lowest BCUT2D eigenvalue weighted by atomic mass is 9.75. The maximum atomic E-state index is 13.1. The van der Waals surface area contributed by atoms with Gasteiger partial charge in [0.2, 0.25) is 5.91 Å². The number of hydrogen-bond acceptors (Lipinski definition) is 3. The monoisotopic (exact) mass is 362 g/mol. The lowest BCUT2D eigenvalue weighted by Gasteiger charge is -2.38. The average Bonchev–Trinajstić information content (AvgIpc) is 2.55. The van der Waals surface area contributed by atoms with Crippen LogP contribution in [0.25, 0.3) is 0 Å². The Morgan fingerprint density at radius 2 is 2.04 bits per heavy atom. The molecule has 1 amide bonds. The minimum absolute atomic E-state index is 0.0578. The number of rotatable bonds is 6. The van der Waals surface area contributed by atoms with Crippen molar-refractivity contribution in [3.05, 3.63) is 64.7 Å². The third-order valence-electron chi connectivity index (χ3n) is 4.64. The van der Waals surface area contributed by atoms with Crippen LogP contribution < -0.4 is 5.32 Å². The lowest BCUT2D eigenvalue weighted by molar-refractivity contribution is -0.122. The van der Waals surface area contributed by atoms with E-state index in [1.807, 2.05) is 12.1 Å². The van der Waals surface area contributed by atoms with Crippen molar-refractivity contribution < 1.29 is 14.3 Å². The Hall–Kier alpha value is -1.98. The molecule has 1 aromatic carbocycles. The van der Waals surface area contributed by atoms with Gasteiger partial charge >= 0.3 is 0 Å². The summed E-state index contributed by atoms with van der Waals surface area (Å²) < 4.78 is 13.1. The molecule has 1 aromatic heterocycles. The summed E-state index contributed by atoms with van der Waals surface area (Å²) in [6, 6.07) is 7.82. The molecule has 1 aliphatic carbocycles. The number of hydrogen-bond donors (Lipinski definition) is 2. The molecular formula is C19H20ClFN2O2. The van der Waals surface area contributed by atoms with Crippen LogP contribution in [0.5, 0.6) is 0 Å². The Balaban J connectivity index is 1.65. The van der Waals surface area contributed by atoms with E-state index in [1.165, 1.54) is 18.2 Å². The number of carbonyl (C=O) groups is 1. The molecule has 0 saturated heterocycles. The predicted octanol–water partition coefficient (Wildman–Crippen LogP) is 2.92. The minimum Gasteiger partial charge on any atom is -0.393 e. The molecule has 3 rings (SSSR count). The third-order valence-corrected chi connectivity index (χ3v) is 4.99. The highest BCUT2D eigenvalue weighted by atomic mass is 35.5. The molecule has 0 aliphatic heterocycles. The van der Waals surface area contributed by atoms with Gasteiger partial charge in [0.05, 0.1) is 12.5 Å². The average molecular weight is 363 g/mol. The second-order valence-corrected chi connectivity index (χ2v) is 6.94. The normalized spacial score (nSPS) is 20.6. The van der Waals surface area contributed by atoms with Gasteiger partial charge in [0.25, 0.3) is 0 Å². The van der Waals surface area contributed by atoms with Crippen LogP contribution in [0.2, 0.25) is 5.02 Å². The topological polar surface area (TPSA) is 62.2 Å². The first kappa shape index (κ1) is 17.8. The highest BCUT2D eigenvalue weighted by Crippen LogP contribution is 2.31. The summed E-state index contributed by atoms with van der Waals surface area (Å²) in [7, 11) is 0. The van der Waals surface area contributed by atoms with Gasteiger partial charge in [-0.05, 0) is 60.6 Å². The summed E-state index contributed by atoms with van der Waals surface area (Å²) in [4.78, 5) is 16.4. The number of benzene rings is 1. The summed E-state index contributed by atoms with van der Waals surface area (Å²) in [5.41, 5.74) is 1.68. The minimum atomic E-state index is -0.423. The first-order valence-corrected chi connectivity index (χ1v) is 8.69. The van der Waals surface area contributed by atoms with Crippen molar-refractivity contribution in [2.75, 3.05) is 0 Å². The van der Waals surface area contributed by atoms with Crippen LogP contribution in [0.4, 0.5) is 4.39 Å². The highest BCUT2D eigenvalue weighted by Gasteiger charge is 2.34. The molecule has 2 aromatic rings.